The predicted octanol–water partition coefficient (Wildman–Crippen LogP) is 1.02. The highest BCUT2D eigenvalue weighted by atomic mass is 15.3. The molecule has 0 amide bonds. The van der Waals surface area contributed by atoms with E-state index in [-0.39, 0.29) is 0 Å². The second-order valence-corrected chi connectivity index (χ2v) is 4.51. The number of nitrogens with zero attached hydrogens (tertiary/aromatic N) is 4. The Morgan fingerprint density at radius 3 is 3.11 bits per heavy atom. The Morgan fingerprint density at radius 1 is 1.28 bits per heavy atom. The van der Waals surface area contributed by atoms with Crippen LogP contribution < -0.4 is 10.2 Å². The SMILES string of the molecule is CNCc1ccnc(N2CCn3ccnc3C2)c1. The van der Waals surface area contributed by atoms with Crippen molar-refractivity contribution >= 4 is 5.82 Å². The number of hydrogen-bond acceptors (Lipinski definition) is 4. The minimum atomic E-state index is 0.836. The van der Waals surface area contributed by atoms with Crippen LogP contribution >= 0.6 is 0 Å². The average molecular weight is 243 g/mol. The van der Waals surface area contributed by atoms with Crippen LogP contribution in [0.25, 0.3) is 0 Å². The van der Waals surface area contributed by atoms with Crippen LogP contribution in [0.5, 0.6) is 0 Å². The third-order valence-electron chi connectivity index (χ3n) is 3.26. The Kier molecular flexibility index (Phi) is 2.98. The molecule has 0 aromatic carbocycles. The molecule has 5 heteroatoms. The predicted molar refractivity (Wildman–Crippen MR) is 70.3 cm³/mol. The van der Waals surface area contributed by atoms with E-state index >= 15 is 0 Å². The molecule has 0 bridgehead atoms. The Hall–Kier alpha value is -1.88. The van der Waals surface area contributed by atoms with Gasteiger partial charge in [0.05, 0.1) is 6.54 Å². The molecule has 5 nitrogen and oxygen atoms in total. The lowest BCUT2D eigenvalue weighted by Crippen LogP contribution is -2.34. The first-order chi connectivity index (χ1) is 8.86. The summed E-state index contributed by atoms with van der Waals surface area (Å²) in [6.45, 7) is 3.67. The molecule has 0 atom stereocenters. The molecule has 2 aromatic heterocycles. The smallest absolute Gasteiger partial charge is 0.129 e. The maximum absolute atomic E-state index is 4.46. The summed E-state index contributed by atoms with van der Waals surface area (Å²) in [5.41, 5.74) is 1.26. The van der Waals surface area contributed by atoms with Gasteiger partial charge < -0.3 is 14.8 Å². The van der Waals surface area contributed by atoms with Crippen LogP contribution in [-0.4, -0.2) is 28.1 Å². The largest absolute Gasteiger partial charge is 0.347 e. The molecule has 1 N–H and O–H groups in total. The van der Waals surface area contributed by atoms with Crippen molar-refractivity contribution in [2.24, 2.45) is 0 Å². The van der Waals surface area contributed by atoms with Gasteiger partial charge in [-0.25, -0.2) is 9.97 Å². The topological polar surface area (TPSA) is 46.0 Å². The van der Waals surface area contributed by atoms with E-state index in [0.29, 0.717) is 0 Å². The molecular formula is C13H17N5. The fourth-order valence-electron chi connectivity index (χ4n) is 2.32. The Morgan fingerprint density at radius 2 is 2.22 bits per heavy atom. The molecule has 94 valence electrons. The van der Waals surface area contributed by atoms with Gasteiger partial charge in [-0.3, -0.25) is 0 Å². The molecule has 2 aromatic rings. The van der Waals surface area contributed by atoms with Crippen LogP contribution in [0.1, 0.15) is 11.4 Å². The van der Waals surface area contributed by atoms with Crippen LogP contribution in [0, 0.1) is 0 Å². The Balaban J connectivity index is 1.81. The lowest BCUT2D eigenvalue weighted by atomic mass is 10.2. The van der Waals surface area contributed by atoms with Crippen molar-refractivity contribution in [3.05, 3.63) is 42.1 Å². The van der Waals surface area contributed by atoms with E-state index in [9.17, 15) is 0 Å². The Bertz CT molecular complexity index is 534. The average Bonchev–Trinajstić information content (AvgIpc) is 2.86. The normalized spacial score (nSPS) is 14.6. The second kappa shape index (κ2) is 4.78. The summed E-state index contributed by atoms with van der Waals surface area (Å²) in [5.74, 6) is 2.15. The summed E-state index contributed by atoms with van der Waals surface area (Å²) >= 11 is 0. The maximum atomic E-state index is 4.46. The van der Waals surface area contributed by atoms with Crippen LogP contribution in [0.2, 0.25) is 0 Å². The van der Waals surface area contributed by atoms with E-state index in [1.807, 2.05) is 31.7 Å². The summed E-state index contributed by atoms with van der Waals surface area (Å²) in [5, 5.41) is 3.16. The van der Waals surface area contributed by atoms with E-state index in [1.165, 1.54) is 5.56 Å². The quantitative estimate of drug-likeness (QED) is 0.874. The van der Waals surface area contributed by atoms with E-state index in [1.54, 1.807) is 0 Å². The van der Waals surface area contributed by atoms with E-state index in [2.05, 4.69) is 30.8 Å². The molecule has 18 heavy (non-hydrogen) atoms. The molecule has 0 aliphatic carbocycles. The molecule has 3 heterocycles. The first kappa shape index (κ1) is 11.2. The van der Waals surface area contributed by atoms with Crippen LogP contribution in [0.15, 0.2) is 30.7 Å². The van der Waals surface area contributed by atoms with Crippen molar-refractivity contribution in [1.82, 2.24) is 19.9 Å². The molecule has 0 saturated heterocycles. The minimum Gasteiger partial charge on any atom is -0.347 e. The van der Waals surface area contributed by atoms with E-state index in [4.69, 9.17) is 0 Å². The highest BCUT2D eigenvalue weighted by Gasteiger charge is 2.17. The molecule has 3 rings (SSSR count). The van der Waals surface area contributed by atoms with Gasteiger partial charge in [0.2, 0.25) is 0 Å². The van der Waals surface area contributed by atoms with Crippen molar-refractivity contribution in [2.45, 2.75) is 19.6 Å². The number of fused-ring (bicyclic) bond motifs is 1. The molecule has 1 aliphatic rings. The van der Waals surface area contributed by atoms with Gasteiger partial charge in [0, 0.05) is 38.2 Å². The molecule has 0 radical (unpaired) electrons. The first-order valence-corrected chi connectivity index (χ1v) is 6.21. The highest BCUT2D eigenvalue weighted by Crippen LogP contribution is 2.18. The van der Waals surface area contributed by atoms with Gasteiger partial charge in [-0.2, -0.15) is 0 Å². The summed E-state index contributed by atoms with van der Waals surface area (Å²) in [6.07, 6.45) is 5.78. The lowest BCUT2D eigenvalue weighted by molar-refractivity contribution is 0.556. The number of imidazole rings is 1. The van der Waals surface area contributed by atoms with Crippen molar-refractivity contribution < 1.29 is 0 Å². The van der Waals surface area contributed by atoms with Gasteiger partial charge in [-0.1, -0.05) is 0 Å². The number of pyridine rings is 1. The lowest BCUT2D eigenvalue weighted by Gasteiger charge is -2.28. The van der Waals surface area contributed by atoms with Gasteiger partial charge in [0.1, 0.15) is 11.6 Å². The molecule has 1 aliphatic heterocycles. The molecule has 0 fully saturated rings. The zero-order valence-electron chi connectivity index (χ0n) is 10.5. The fraction of sp³-hybridized carbons (Fsp3) is 0.385. The second-order valence-electron chi connectivity index (χ2n) is 4.51. The van der Waals surface area contributed by atoms with Crippen LogP contribution in [-0.2, 0) is 19.6 Å². The number of anilines is 1. The highest BCUT2D eigenvalue weighted by molar-refractivity contribution is 5.41. The van der Waals surface area contributed by atoms with Crippen LogP contribution in [0.4, 0.5) is 5.82 Å². The van der Waals surface area contributed by atoms with Crippen molar-refractivity contribution in [2.75, 3.05) is 18.5 Å². The fourth-order valence-corrected chi connectivity index (χ4v) is 2.32. The van der Waals surface area contributed by atoms with Gasteiger partial charge in [-0.05, 0) is 24.7 Å². The third-order valence-corrected chi connectivity index (χ3v) is 3.26. The molecular weight excluding hydrogens is 226 g/mol. The summed E-state index contributed by atoms with van der Waals surface area (Å²) < 4.78 is 2.20. The van der Waals surface area contributed by atoms with Gasteiger partial charge in [-0.15, -0.1) is 0 Å². The van der Waals surface area contributed by atoms with Crippen molar-refractivity contribution in [1.29, 1.82) is 0 Å². The zero-order valence-corrected chi connectivity index (χ0v) is 10.5. The maximum Gasteiger partial charge on any atom is 0.129 e. The monoisotopic (exact) mass is 243 g/mol. The van der Waals surface area contributed by atoms with Gasteiger partial charge in [0.15, 0.2) is 0 Å². The number of rotatable bonds is 3. The van der Waals surface area contributed by atoms with E-state index in [0.717, 1.165) is 37.8 Å². The molecule has 0 saturated carbocycles. The third kappa shape index (κ3) is 2.09. The standard InChI is InChI=1S/C13H17N5/c1-14-9-11-2-3-15-12(8-11)18-7-6-17-5-4-16-13(17)10-18/h2-5,8,14H,6-7,9-10H2,1H3. The summed E-state index contributed by atoms with van der Waals surface area (Å²) in [7, 11) is 1.96. The Labute approximate surface area is 106 Å². The van der Waals surface area contributed by atoms with Gasteiger partial charge in [0.25, 0.3) is 0 Å². The van der Waals surface area contributed by atoms with Crippen molar-refractivity contribution in [3.63, 3.8) is 0 Å². The zero-order chi connectivity index (χ0) is 12.4. The minimum absolute atomic E-state index is 0.836. The van der Waals surface area contributed by atoms with Crippen LogP contribution in [0.3, 0.4) is 0 Å². The van der Waals surface area contributed by atoms with E-state index < -0.39 is 0 Å². The number of nitrogens with one attached hydrogen (secondary N) is 1. The number of aromatic nitrogens is 3. The van der Waals surface area contributed by atoms with Gasteiger partial charge >= 0.3 is 0 Å². The summed E-state index contributed by atoms with van der Waals surface area (Å²) in [4.78, 5) is 11.1. The first-order valence-electron chi connectivity index (χ1n) is 6.21. The van der Waals surface area contributed by atoms with Crippen molar-refractivity contribution in [3.8, 4) is 0 Å². The molecule has 0 spiro atoms. The summed E-state index contributed by atoms with van der Waals surface area (Å²) in [6, 6.07) is 4.19. The number of hydrogen-bond donors (Lipinski definition) is 1. The molecule has 0 unspecified atom stereocenters.